The van der Waals surface area contributed by atoms with Crippen LogP contribution in [0.4, 0.5) is 5.69 Å². The SMILES string of the molecule is COCCc1cccc(-c2ccccc2C)c1N. The van der Waals surface area contributed by atoms with Gasteiger partial charge in [-0.1, -0.05) is 42.5 Å². The van der Waals surface area contributed by atoms with Crippen LogP contribution in [-0.2, 0) is 11.2 Å². The van der Waals surface area contributed by atoms with Crippen LogP contribution in [0.5, 0.6) is 0 Å². The first-order valence-corrected chi connectivity index (χ1v) is 6.16. The van der Waals surface area contributed by atoms with E-state index in [-0.39, 0.29) is 0 Å². The lowest BCUT2D eigenvalue weighted by atomic mass is 9.96. The van der Waals surface area contributed by atoms with Crippen LogP contribution in [0.2, 0.25) is 0 Å². The number of benzene rings is 2. The van der Waals surface area contributed by atoms with Crippen LogP contribution in [0.25, 0.3) is 11.1 Å². The van der Waals surface area contributed by atoms with Crippen molar-refractivity contribution in [2.45, 2.75) is 13.3 Å². The Hall–Kier alpha value is -1.80. The summed E-state index contributed by atoms with van der Waals surface area (Å²) in [6.45, 7) is 2.80. The van der Waals surface area contributed by atoms with Crippen molar-refractivity contribution in [2.75, 3.05) is 19.5 Å². The fourth-order valence-corrected chi connectivity index (χ4v) is 2.15. The van der Waals surface area contributed by atoms with Gasteiger partial charge >= 0.3 is 0 Å². The van der Waals surface area contributed by atoms with Crippen LogP contribution in [0.3, 0.4) is 0 Å². The molecule has 0 aliphatic heterocycles. The summed E-state index contributed by atoms with van der Waals surface area (Å²) in [5, 5.41) is 0. The molecule has 0 aliphatic rings. The topological polar surface area (TPSA) is 35.2 Å². The summed E-state index contributed by atoms with van der Waals surface area (Å²) < 4.78 is 5.11. The molecule has 2 aromatic carbocycles. The first-order chi connectivity index (χ1) is 8.74. The lowest BCUT2D eigenvalue weighted by Crippen LogP contribution is -2.01. The highest BCUT2D eigenvalue weighted by molar-refractivity contribution is 5.80. The van der Waals surface area contributed by atoms with E-state index in [2.05, 4.69) is 37.3 Å². The number of nitrogens with two attached hydrogens (primary N) is 1. The largest absolute Gasteiger partial charge is 0.398 e. The molecule has 18 heavy (non-hydrogen) atoms. The van der Waals surface area contributed by atoms with Crippen LogP contribution >= 0.6 is 0 Å². The van der Waals surface area contributed by atoms with Gasteiger partial charge in [0.05, 0.1) is 6.61 Å². The number of methoxy groups -OCH3 is 1. The minimum absolute atomic E-state index is 0.696. The minimum Gasteiger partial charge on any atom is -0.398 e. The van der Waals surface area contributed by atoms with Crippen molar-refractivity contribution < 1.29 is 4.74 Å². The van der Waals surface area contributed by atoms with Gasteiger partial charge in [0, 0.05) is 18.4 Å². The van der Waals surface area contributed by atoms with Crippen molar-refractivity contribution in [2.24, 2.45) is 0 Å². The van der Waals surface area contributed by atoms with Gasteiger partial charge < -0.3 is 10.5 Å². The molecule has 2 aromatic rings. The van der Waals surface area contributed by atoms with Crippen molar-refractivity contribution in [1.29, 1.82) is 0 Å². The second-order valence-corrected chi connectivity index (χ2v) is 4.44. The van der Waals surface area contributed by atoms with Gasteiger partial charge in [-0.15, -0.1) is 0 Å². The maximum Gasteiger partial charge on any atom is 0.0503 e. The molecule has 0 fully saturated rings. The highest BCUT2D eigenvalue weighted by atomic mass is 16.5. The Morgan fingerprint density at radius 2 is 1.72 bits per heavy atom. The average molecular weight is 241 g/mol. The number of para-hydroxylation sites is 1. The maximum atomic E-state index is 6.27. The van der Waals surface area contributed by atoms with E-state index in [0.29, 0.717) is 6.61 Å². The summed E-state index contributed by atoms with van der Waals surface area (Å²) >= 11 is 0. The molecule has 0 spiro atoms. The molecule has 0 heterocycles. The van der Waals surface area contributed by atoms with E-state index in [1.54, 1.807) is 7.11 Å². The number of hydrogen-bond donors (Lipinski definition) is 1. The standard InChI is InChI=1S/C16H19NO/c1-12-6-3-4-8-14(12)15-9-5-7-13(16(15)17)10-11-18-2/h3-9H,10-11,17H2,1-2H3. The number of nitrogen functional groups attached to an aromatic ring is 1. The third-order valence-electron chi connectivity index (χ3n) is 3.21. The summed E-state index contributed by atoms with van der Waals surface area (Å²) in [5.41, 5.74) is 11.8. The van der Waals surface area contributed by atoms with Crippen LogP contribution in [0, 0.1) is 6.92 Å². The zero-order valence-corrected chi connectivity index (χ0v) is 10.9. The van der Waals surface area contributed by atoms with Crippen molar-refractivity contribution in [3.05, 3.63) is 53.6 Å². The van der Waals surface area contributed by atoms with E-state index >= 15 is 0 Å². The van der Waals surface area contributed by atoms with Crippen LogP contribution in [0.1, 0.15) is 11.1 Å². The zero-order valence-electron chi connectivity index (χ0n) is 10.9. The molecule has 0 unspecified atom stereocenters. The summed E-state index contributed by atoms with van der Waals surface area (Å²) in [6.07, 6.45) is 0.849. The Labute approximate surface area is 108 Å². The lowest BCUT2D eigenvalue weighted by molar-refractivity contribution is 0.202. The molecule has 2 heteroatoms. The molecule has 0 saturated heterocycles. The zero-order chi connectivity index (χ0) is 13.0. The van der Waals surface area contributed by atoms with E-state index in [1.807, 2.05) is 12.1 Å². The highest BCUT2D eigenvalue weighted by Gasteiger charge is 2.08. The molecule has 0 aliphatic carbocycles. The van der Waals surface area contributed by atoms with E-state index in [1.165, 1.54) is 11.1 Å². The molecule has 2 nitrogen and oxygen atoms in total. The Bertz CT molecular complexity index is 534. The molecule has 0 radical (unpaired) electrons. The van der Waals surface area contributed by atoms with Gasteiger partial charge in [-0.3, -0.25) is 0 Å². The molecule has 0 atom stereocenters. The predicted molar refractivity (Wildman–Crippen MR) is 76.6 cm³/mol. The Balaban J connectivity index is 2.43. The number of anilines is 1. The van der Waals surface area contributed by atoms with E-state index in [0.717, 1.165) is 23.2 Å². The van der Waals surface area contributed by atoms with Crippen LogP contribution < -0.4 is 5.73 Å². The second kappa shape index (κ2) is 5.69. The van der Waals surface area contributed by atoms with Crippen molar-refractivity contribution >= 4 is 5.69 Å². The molecule has 0 aromatic heterocycles. The Kier molecular flexibility index (Phi) is 4.00. The third-order valence-corrected chi connectivity index (χ3v) is 3.21. The lowest BCUT2D eigenvalue weighted by Gasteiger charge is -2.12. The molecular weight excluding hydrogens is 222 g/mol. The monoisotopic (exact) mass is 241 g/mol. The molecule has 2 rings (SSSR count). The van der Waals surface area contributed by atoms with Gasteiger partial charge in [-0.05, 0) is 30.0 Å². The highest BCUT2D eigenvalue weighted by Crippen LogP contribution is 2.30. The quantitative estimate of drug-likeness (QED) is 0.832. The van der Waals surface area contributed by atoms with E-state index in [4.69, 9.17) is 10.5 Å². The Morgan fingerprint density at radius 3 is 2.44 bits per heavy atom. The average Bonchev–Trinajstić information content (AvgIpc) is 2.39. The molecule has 94 valence electrons. The van der Waals surface area contributed by atoms with Crippen LogP contribution in [0.15, 0.2) is 42.5 Å². The normalized spacial score (nSPS) is 10.6. The van der Waals surface area contributed by atoms with Gasteiger partial charge in [-0.2, -0.15) is 0 Å². The number of rotatable bonds is 4. The third kappa shape index (κ3) is 2.54. The van der Waals surface area contributed by atoms with Gasteiger partial charge in [0.15, 0.2) is 0 Å². The summed E-state index contributed by atoms with van der Waals surface area (Å²) in [6, 6.07) is 14.5. The number of ether oxygens (including phenoxy) is 1. The summed E-state index contributed by atoms with van der Waals surface area (Å²) in [4.78, 5) is 0. The van der Waals surface area contributed by atoms with Gasteiger partial charge in [-0.25, -0.2) is 0 Å². The summed E-state index contributed by atoms with van der Waals surface area (Å²) in [7, 11) is 1.71. The fraction of sp³-hybridized carbons (Fsp3) is 0.250. The Morgan fingerprint density at radius 1 is 1.00 bits per heavy atom. The molecular formula is C16H19NO. The van der Waals surface area contributed by atoms with Crippen LogP contribution in [-0.4, -0.2) is 13.7 Å². The maximum absolute atomic E-state index is 6.27. The molecule has 0 amide bonds. The van der Waals surface area contributed by atoms with Gasteiger partial charge in [0.25, 0.3) is 0 Å². The van der Waals surface area contributed by atoms with E-state index in [9.17, 15) is 0 Å². The number of aryl methyl sites for hydroxylation is 1. The predicted octanol–water partition coefficient (Wildman–Crippen LogP) is 3.43. The first kappa shape index (κ1) is 12.7. The van der Waals surface area contributed by atoms with Gasteiger partial charge in [0.1, 0.15) is 0 Å². The molecule has 0 saturated carbocycles. The van der Waals surface area contributed by atoms with E-state index < -0.39 is 0 Å². The molecule has 0 bridgehead atoms. The fourth-order valence-electron chi connectivity index (χ4n) is 2.15. The second-order valence-electron chi connectivity index (χ2n) is 4.44. The first-order valence-electron chi connectivity index (χ1n) is 6.16. The van der Waals surface area contributed by atoms with Crippen molar-refractivity contribution in [1.82, 2.24) is 0 Å². The summed E-state index contributed by atoms with van der Waals surface area (Å²) in [5.74, 6) is 0. The molecule has 2 N–H and O–H groups in total. The smallest absolute Gasteiger partial charge is 0.0503 e. The van der Waals surface area contributed by atoms with Crippen molar-refractivity contribution in [3.63, 3.8) is 0 Å². The van der Waals surface area contributed by atoms with Gasteiger partial charge in [0.2, 0.25) is 0 Å². The minimum atomic E-state index is 0.696. The number of hydrogen-bond acceptors (Lipinski definition) is 2. The van der Waals surface area contributed by atoms with Crippen molar-refractivity contribution in [3.8, 4) is 11.1 Å².